The molecule has 13 atom stereocenters. The van der Waals surface area contributed by atoms with Crippen molar-refractivity contribution >= 4 is 79.2 Å². The van der Waals surface area contributed by atoms with Crippen LogP contribution in [0.4, 0.5) is 10.6 Å². The van der Waals surface area contributed by atoms with Crippen LogP contribution in [0, 0.1) is 0 Å². The molecule has 3 saturated heterocycles. The number of aliphatic hydroxyl groups excluding tert-OH is 3. The summed E-state index contributed by atoms with van der Waals surface area (Å²) in [6.07, 6.45) is -5.84. The van der Waals surface area contributed by atoms with Crippen LogP contribution in [0.2, 0.25) is 0 Å². The highest BCUT2D eigenvalue weighted by molar-refractivity contribution is 8.01. The molecule has 3 aromatic heterocycles. The van der Waals surface area contributed by atoms with Gasteiger partial charge in [-0.3, -0.25) is 33.3 Å². The molecule has 0 spiro atoms. The minimum Gasteiger partial charge on any atom is -0.481 e. The summed E-state index contributed by atoms with van der Waals surface area (Å²) in [7, 11) is -10.9. The highest BCUT2D eigenvalue weighted by Gasteiger charge is 2.57. The van der Waals surface area contributed by atoms with Crippen LogP contribution in [0.25, 0.3) is 22.1 Å². The number of H-pyrrole nitrogens is 1. The van der Waals surface area contributed by atoms with Crippen LogP contribution in [0.5, 0.6) is 0 Å². The Kier molecular flexibility index (Phi) is 20.0. The molecule has 13 N–H and O–H groups in total. The van der Waals surface area contributed by atoms with Crippen LogP contribution in [0.1, 0.15) is 69.7 Å². The van der Waals surface area contributed by atoms with Crippen molar-refractivity contribution in [1.29, 1.82) is 0 Å². The van der Waals surface area contributed by atoms with E-state index in [1.54, 1.807) is 44.3 Å². The molecule has 0 saturated carbocycles. The predicted octanol–water partition coefficient (Wildman–Crippen LogP) is 2.19. The summed E-state index contributed by atoms with van der Waals surface area (Å²) in [5.74, 6) is -2.08. The smallest absolute Gasteiger partial charge is 0.481 e. The van der Waals surface area contributed by atoms with E-state index in [2.05, 4.69) is 45.5 Å². The maximum Gasteiger partial charge on any atom is 0.481 e. The molecular formula is C48H64N10O19P2S. The van der Waals surface area contributed by atoms with E-state index in [1.165, 1.54) is 10.9 Å². The van der Waals surface area contributed by atoms with Crippen molar-refractivity contribution in [3.05, 3.63) is 84.6 Å². The number of benzene rings is 2. The second-order valence-electron chi connectivity index (χ2n) is 19.4. The molecule has 8 rings (SSSR count). The Bertz CT molecular complexity index is 3050. The molecule has 32 heteroatoms. The van der Waals surface area contributed by atoms with Crippen molar-refractivity contribution in [2.75, 3.05) is 25.5 Å². The number of thioether (sulfide) groups is 1. The van der Waals surface area contributed by atoms with Crippen LogP contribution in [-0.4, -0.2) is 164 Å². The van der Waals surface area contributed by atoms with E-state index in [-0.39, 0.29) is 68.3 Å². The quantitative estimate of drug-likeness (QED) is 0.0252. The summed E-state index contributed by atoms with van der Waals surface area (Å²) in [6.45, 7) is 1.95. The zero-order valence-electron chi connectivity index (χ0n) is 43.2. The number of alkyl carbamates (subject to hydrolysis) is 1. The molecule has 0 aliphatic carbocycles. The van der Waals surface area contributed by atoms with E-state index >= 15 is 0 Å². The number of imidazole rings is 1. The fraction of sp³-hybridized carbons (Fsp3) is 0.521. The lowest BCUT2D eigenvalue weighted by atomic mass is 10.0. The number of para-hydroxylation sites is 1. The van der Waals surface area contributed by atoms with Crippen molar-refractivity contribution in [3.63, 3.8) is 0 Å². The number of phosphoric acid groups is 2. The first-order chi connectivity index (χ1) is 38.1. The number of aromatic amines is 1. The lowest BCUT2D eigenvalue weighted by molar-refractivity contribution is -0.137. The molecule has 2 aromatic carbocycles. The van der Waals surface area contributed by atoms with Crippen molar-refractivity contribution in [2.45, 2.75) is 137 Å². The lowest BCUT2D eigenvalue weighted by Crippen LogP contribution is -2.55. The summed E-state index contributed by atoms with van der Waals surface area (Å²) >= 11 is 1.07. The van der Waals surface area contributed by atoms with Gasteiger partial charge in [0.25, 0.3) is 0 Å². The van der Waals surface area contributed by atoms with E-state index in [1.807, 2.05) is 30.3 Å². The number of ether oxygens (including phenoxy) is 4. The standard InChI is InChI=1S/C48H64N10O19P2S/c1-26(2)55-44(65)32(19-28-20-50-30-14-7-6-13-29(28)30)56-43(64)31(57-47(66)71-21-27-11-4-3-5-12-27)15-8-9-18-54-48(17-10-16-35(59)60)76-40-38(62)34(75-46(40)80-48)23-73-79(69,70)77-78(67,68)72-22-33-37(61)39(63)45(74-33)58-25-53-36-41(49)51-24-52-42(36)58/h3-7,11-14,20,24-26,31-34,37-40,45-46,50,54,61-63H,8-10,15-19,21-23H2,1-2H3,(H,55,65)(H,56,64)(H,57,66)(H,59,60)(H,67,68)(H,69,70)(H2,49,51,52)/t31-,32-,33+,34+,37+,38+,39+,40+,45+,46+,48+/m0/s1. The van der Waals surface area contributed by atoms with Crippen LogP contribution in [-0.2, 0) is 68.8 Å². The number of anilines is 1. The van der Waals surface area contributed by atoms with E-state index in [0.29, 0.717) is 12.8 Å². The number of aliphatic hydroxyl groups is 3. The van der Waals surface area contributed by atoms with Crippen molar-refractivity contribution in [3.8, 4) is 0 Å². The molecule has 436 valence electrons. The van der Waals surface area contributed by atoms with Gasteiger partial charge in [-0.2, -0.15) is 4.31 Å². The SMILES string of the molecule is CC(C)NC(=O)[C@H](Cc1c[nH]c2ccccc12)NC(=O)[C@H](CCCCN[C@]1(CCCC(=O)O)O[C@@H]2[C@H](O)[C@@H](COP(=O)(O)OP(=O)(O)OC[C@H]3O[C@@H](n4cnc5c(N)ncnc54)[C@H](O)[C@@H]3O)O[C@@H]2S1)NC(=O)OCc1ccccc1. The molecular weight excluding hydrogens is 1110 g/mol. The van der Waals surface area contributed by atoms with Crippen LogP contribution in [0.3, 0.4) is 0 Å². The van der Waals surface area contributed by atoms with Gasteiger partial charge in [0.15, 0.2) is 22.7 Å². The second-order valence-corrected chi connectivity index (χ2v) is 23.8. The summed E-state index contributed by atoms with van der Waals surface area (Å²) in [5, 5.41) is 53.3. The van der Waals surface area contributed by atoms with Crippen molar-refractivity contribution in [1.82, 2.24) is 45.8 Å². The summed E-state index contributed by atoms with van der Waals surface area (Å²) in [6, 6.07) is 14.1. The predicted molar refractivity (Wildman–Crippen MR) is 282 cm³/mol. The first-order valence-corrected chi connectivity index (χ1v) is 29.4. The number of phosphoric ester groups is 2. The van der Waals surface area contributed by atoms with Gasteiger partial charge >= 0.3 is 27.7 Å². The largest absolute Gasteiger partial charge is 0.481 e. The van der Waals surface area contributed by atoms with Gasteiger partial charge < -0.3 is 75.8 Å². The molecule has 0 radical (unpaired) electrons. The van der Waals surface area contributed by atoms with Crippen LogP contribution in [0.15, 0.2) is 73.4 Å². The van der Waals surface area contributed by atoms with Gasteiger partial charge in [-0.05, 0) is 63.3 Å². The Morgan fingerprint density at radius 3 is 2.27 bits per heavy atom. The third-order valence-corrected chi connectivity index (χ3v) is 17.2. The topological polar surface area (TPSA) is 422 Å². The Hall–Kier alpha value is -5.66. The van der Waals surface area contributed by atoms with Gasteiger partial charge in [-0.15, -0.1) is 0 Å². The first kappa shape index (κ1) is 60.4. The number of carbonyl (C=O) groups excluding carboxylic acids is 3. The molecule has 2 unspecified atom stereocenters. The molecule has 0 bridgehead atoms. The van der Waals surface area contributed by atoms with Crippen molar-refractivity contribution in [2.24, 2.45) is 0 Å². The number of rotatable bonds is 28. The number of carboxylic acid groups (broad SMARTS) is 1. The summed E-state index contributed by atoms with van der Waals surface area (Å²) in [4.78, 5) is 88.4. The van der Waals surface area contributed by atoms with Crippen LogP contribution >= 0.6 is 27.4 Å². The molecule has 80 heavy (non-hydrogen) atoms. The normalized spacial score (nSPS) is 25.9. The number of nitrogens with two attached hydrogens (primary N) is 1. The number of nitrogens with one attached hydrogen (secondary N) is 5. The lowest BCUT2D eigenvalue weighted by Gasteiger charge is -2.31. The zero-order chi connectivity index (χ0) is 57.4. The molecule has 3 fully saturated rings. The van der Waals surface area contributed by atoms with Gasteiger partial charge in [0.2, 0.25) is 11.8 Å². The number of amides is 3. The molecule has 3 aliphatic heterocycles. The molecule has 3 aliphatic rings. The first-order valence-electron chi connectivity index (χ1n) is 25.5. The average molecular weight is 1180 g/mol. The number of fused-ring (bicyclic) bond motifs is 3. The number of aromatic nitrogens is 5. The van der Waals surface area contributed by atoms with E-state index in [9.17, 15) is 58.5 Å². The third kappa shape index (κ3) is 15.5. The Morgan fingerprint density at radius 2 is 1.56 bits per heavy atom. The number of carboxylic acids is 1. The molecule has 6 heterocycles. The fourth-order valence-corrected chi connectivity index (χ4v) is 12.9. The maximum atomic E-state index is 14.1. The Morgan fingerprint density at radius 1 is 0.863 bits per heavy atom. The Balaban J connectivity index is 0.840. The molecule has 5 aromatic rings. The van der Waals surface area contributed by atoms with Gasteiger partial charge in [-0.25, -0.2) is 28.9 Å². The van der Waals surface area contributed by atoms with Crippen molar-refractivity contribution < 1.29 is 90.8 Å². The van der Waals surface area contributed by atoms with Gasteiger partial charge in [0.1, 0.15) is 72.6 Å². The van der Waals surface area contributed by atoms with E-state index < -0.39 is 118 Å². The molecule has 3 amide bonds. The fourth-order valence-electron chi connectivity index (χ4n) is 9.24. The number of aliphatic carboxylic acids is 1. The number of nitrogen functional groups attached to an aromatic ring is 1. The number of hydrogen-bond acceptors (Lipinski definition) is 22. The highest BCUT2D eigenvalue weighted by Crippen LogP contribution is 2.61. The van der Waals surface area contributed by atoms with E-state index in [4.69, 9.17) is 33.7 Å². The number of unbranched alkanes of at least 4 members (excludes halogenated alkanes) is 1. The monoisotopic (exact) mass is 1180 g/mol. The number of nitrogens with zero attached hydrogens (tertiary/aromatic N) is 4. The average Bonchev–Trinajstić information content (AvgIpc) is 4.31. The molecule has 29 nitrogen and oxygen atoms in total. The van der Waals surface area contributed by atoms with Gasteiger partial charge in [0, 0.05) is 42.4 Å². The summed E-state index contributed by atoms with van der Waals surface area (Å²) in [5.41, 5.74) is 7.57. The van der Waals surface area contributed by atoms with E-state index in [0.717, 1.165) is 40.1 Å². The Labute approximate surface area is 461 Å². The van der Waals surface area contributed by atoms with Gasteiger partial charge in [0.05, 0.1) is 19.5 Å². The third-order valence-electron chi connectivity index (χ3n) is 13.1. The van der Waals surface area contributed by atoms with Crippen LogP contribution < -0.4 is 27.0 Å². The minimum absolute atomic E-state index is 0.0341. The summed E-state index contributed by atoms with van der Waals surface area (Å²) < 4.78 is 64.6. The second kappa shape index (κ2) is 26.5. The van der Waals surface area contributed by atoms with Gasteiger partial charge in [-0.1, -0.05) is 60.3 Å². The highest BCUT2D eigenvalue weighted by atomic mass is 32.2. The number of carbonyl (C=O) groups is 4. The number of hydrogen-bond donors (Lipinski definition) is 12. The maximum absolute atomic E-state index is 14.1. The minimum atomic E-state index is -5.46. The zero-order valence-corrected chi connectivity index (χ0v) is 45.8.